The van der Waals surface area contributed by atoms with Crippen LogP contribution in [0.25, 0.3) is 0 Å². The lowest BCUT2D eigenvalue weighted by molar-refractivity contribution is 0.300. The minimum atomic E-state index is 0.823. The van der Waals surface area contributed by atoms with Gasteiger partial charge in [0.2, 0.25) is 0 Å². The van der Waals surface area contributed by atoms with E-state index < -0.39 is 0 Å². The molecule has 0 aliphatic carbocycles. The first-order valence-corrected chi connectivity index (χ1v) is 2.35. The van der Waals surface area contributed by atoms with Gasteiger partial charge in [-0.25, -0.2) is 0 Å². The Kier molecular flexibility index (Phi) is 1.42. The molecule has 8 heavy (non-hydrogen) atoms. The number of rotatable bonds is 1. The maximum absolute atomic E-state index is 4.86. The highest BCUT2D eigenvalue weighted by Gasteiger charge is 1.89. The first-order valence-electron chi connectivity index (χ1n) is 2.35. The summed E-state index contributed by atoms with van der Waals surface area (Å²) in [5, 5.41) is 0. The Labute approximate surface area is 48.0 Å². The molecule has 3 heteroatoms. The Morgan fingerprint density at radius 2 is 2.38 bits per heavy atom. The Balaban J connectivity index is 2.51. The van der Waals surface area contributed by atoms with E-state index in [4.69, 9.17) is 4.74 Å². The fourth-order valence-corrected chi connectivity index (χ4v) is 0.460. The van der Waals surface area contributed by atoms with E-state index in [1.807, 2.05) is 6.08 Å². The van der Waals surface area contributed by atoms with Crippen molar-refractivity contribution < 1.29 is 4.74 Å². The lowest BCUT2D eigenvalue weighted by Crippen LogP contribution is -2.23. The molecule has 1 rings (SSSR count). The summed E-state index contributed by atoms with van der Waals surface area (Å²) in [7, 11) is 1.63. The van der Waals surface area contributed by atoms with Gasteiger partial charge in [0, 0.05) is 6.20 Å². The van der Waals surface area contributed by atoms with Gasteiger partial charge in [0.1, 0.15) is 5.76 Å². The van der Waals surface area contributed by atoms with Crippen LogP contribution in [0, 0.1) is 0 Å². The van der Waals surface area contributed by atoms with Gasteiger partial charge in [-0.2, -0.15) is 0 Å². The van der Waals surface area contributed by atoms with Crippen molar-refractivity contribution in [3.05, 3.63) is 24.2 Å². The van der Waals surface area contributed by atoms with E-state index >= 15 is 0 Å². The number of ether oxygens (including phenoxy) is 1. The van der Waals surface area contributed by atoms with Gasteiger partial charge in [-0.1, -0.05) is 0 Å². The van der Waals surface area contributed by atoms with Gasteiger partial charge < -0.3 is 15.6 Å². The molecule has 44 valence electrons. The lowest BCUT2D eigenvalue weighted by Gasteiger charge is -2.07. The summed E-state index contributed by atoms with van der Waals surface area (Å²) in [5.41, 5.74) is 5.52. The molecule has 1 heterocycles. The third-order valence-electron chi connectivity index (χ3n) is 0.864. The normalized spacial score (nSPS) is 15.9. The van der Waals surface area contributed by atoms with Crippen LogP contribution < -0.4 is 10.9 Å². The molecule has 0 saturated heterocycles. The predicted octanol–water partition coefficient (Wildman–Crippen LogP) is 0.0957. The molecule has 0 aromatic carbocycles. The van der Waals surface area contributed by atoms with Crippen molar-refractivity contribution in [2.45, 2.75) is 0 Å². The maximum atomic E-state index is 4.86. The number of hydrogen-bond acceptors (Lipinski definition) is 3. The first kappa shape index (κ1) is 5.03. The Morgan fingerprint density at radius 3 is 2.75 bits per heavy atom. The molecule has 0 aromatic rings. The van der Waals surface area contributed by atoms with Crippen LogP contribution in [0.1, 0.15) is 0 Å². The lowest BCUT2D eigenvalue weighted by atomic mass is 10.5. The van der Waals surface area contributed by atoms with Crippen molar-refractivity contribution >= 4 is 0 Å². The number of methoxy groups -OCH3 is 1. The average Bonchev–Trinajstić information content (AvgIpc) is 1.90. The quantitative estimate of drug-likeness (QED) is 0.504. The monoisotopic (exact) mass is 112 g/mol. The summed E-state index contributed by atoms with van der Waals surface area (Å²) in [6, 6.07) is 0. The second-order valence-corrected chi connectivity index (χ2v) is 1.37. The van der Waals surface area contributed by atoms with Crippen molar-refractivity contribution in [2.75, 3.05) is 7.11 Å². The summed E-state index contributed by atoms with van der Waals surface area (Å²) in [4.78, 5) is 0. The van der Waals surface area contributed by atoms with E-state index in [1.54, 1.807) is 19.5 Å². The zero-order chi connectivity index (χ0) is 5.82. The number of nitrogens with one attached hydrogen (secondary N) is 2. The average molecular weight is 112 g/mol. The molecule has 3 nitrogen and oxygen atoms in total. The second kappa shape index (κ2) is 2.26. The van der Waals surface area contributed by atoms with Crippen LogP contribution in [0.4, 0.5) is 0 Å². The number of hydrazine groups is 1. The molecule has 2 N–H and O–H groups in total. The Morgan fingerprint density at radius 1 is 1.50 bits per heavy atom. The molecule has 1 aliphatic rings. The van der Waals surface area contributed by atoms with Gasteiger partial charge in [0.25, 0.3) is 0 Å². The zero-order valence-electron chi connectivity index (χ0n) is 4.64. The predicted molar refractivity (Wildman–Crippen MR) is 30.5 cm³/mol. The van der Waals surface area contributed by atoms with E-state index in [-0.39, 0.29) is 0 Å². The van der Waals surface area contributed by atoms with Crippen LogP contribution in [0.15, 0.2) is 24.2 Å². The molecule has 1 aliphatic heterocycles. The molecule has 0 bridgehead atoms. The van der Waals surface area contributed by atoms with Crippen molar-refractivity contribution in [3.63, 3.8) is 0 Å². The van der Waals surface area contributed by atoms with Crippen molar-refractivity contribution in [1.82, 2.24) is 10.9 Å². The standard InChI is InChI=1S/C5H8N2O/c1-8-5-2-3-6-7-4-5/h2-4,6-7H,1H3. The zero-order valence-corrected chi connectivity index (χ0v) is 4.64. The van der Waals surface area contributed by atoms with Gasteiger partial charge in [0.05, 0.1) is 13.3 Å². The molecule has 0 atom stereocenters. The molecule has 0 radical (unpaired) electrons. The summed E-state index contributed by atoms with van der Waals surface area (Å²) in [5.74, 6) is 0.823. The summed E-state index contributed by atoms with van der Waals surface area (Å²) in [6.07, 6.45) is 5.33. The molecular weight excluding hydrogens is 104 g/mol. The van der Waals surface area contributed by atoms with Gasteiger partial charge in [-0.3, -0.25) is 0 Å². The van der Waals surface area contributed by atoms with Gasteiger partial charge in [-0.15, -0.1) is 0 Å². The highest BCUT2D eigenvalue weighted by Crippen LogP contribution is 1.95. The minimum absolute atomic E-state index is 0.823. The summed E-state index contributed by atoms with van der Waals surface area (Å²) in [6.45, 7) is 0. The molecule has 0 unspecified atom stereocenters. The van der Waals surface area contributed by atoms with Crippen LogP contribution in [-0.2, 0) is 4.74 Å². The summed E-state index contributed by atoms with van der Waals surface area (Å²) >= 11 is 0. The van der Waals surface area contributed by atoms with E-state index in [9.17, 15) is 0 Å². The minimum Gasteiger partial charge on any atom is -0.495 e. The molecular formula is C5H8N2O. The van der Waals surface area contributed by atoms with Crippen LogP contribution in [0.2, 0.25) is 0 Å². The second-order valence-electron chi connectivity index (χ2n) is 1.37. The van der Waals surface area contributed by atoms with Crippen molar-refractivity contribution in [3.8, 4) is 0 Å². The van der Waals surface area contributed by atoms with Gasteiger partial charge in [-0.05, 0) is 6.08 Å². The number of allylic oxidation sites excluding steroid dienone is 1. The van der Waals surface area contributed by atoms with Crippen LogP contribution in [0.3, 0.4) is 0 Å². The molecule has 0 fully saturated rings. The van der Waals surface area contributed by atoms with E-state index in [0.29, 0.717) is 0 Å². The van der Waals surface area contributed by atoms with E-state index in [2.05, 4.69) is 10.9 Å². The third-order valence-corrected chi connectivity index (χ3v) is 0.864. The van der Waals surface area contributed by atoms with Gasteiger partial charge in [0.15, 0.2) is 0 Å². The highest BCUT2D eigenvalue weighted by molar-refractivity contribution is 5.12. The van der Waals surface area contributed by atoms with Crippen LogP contribution in [0.5, 0.6) is 0 Å². The molecule has 0 saturated carbocycles. The molecule has 0 spiro atoms. The third kappa shape index (κ3) is 0.932. The smallest absolute Gasteiger partial charge is 0.137 e. The fourth-order valence-electron chi connectivity index (χ4n) is 0.460. The largest absolute Gasteiger partial charge is 0.495 e. The van der Waals surface area contributed by atoms with Crippen molar-refractivity contribution in [1.29, 1.82) is 0 Å². The van der Waals surface area contributed by atoms with E-state index in [0.717, 1.165) is 5.76 Å². The van der Waals surface area contributed by atoms with Crippen LogP contribution >= 0.6 is 0 Å². The highest BCUT2D eigenvalue weighted by atomic mass is 16.5. The Bertz CT molecular complexity index is 128. The number of hydrogen-bond donors (Lipinski definition) is 2. The first-order chi connectivity index (χ1) is 3.93. The topological polar surface area (TPSA) is 33.3 Å². The molecule has 0 amide bonds. The maximum Gasteiger partial charge on any atom is 0.137 e. The fraction of sp³-hybridized carbons (Fsp3) is 0.200. The van der Waals surface area contributed by atoms with Crippen molar-refractivity contribution in [2.24, 2.45) is 0 Å². The van der Waals surface area contributed by atoms with Crippen LogP contribution in [-0.4, -0.2) is 7.11 Å². The van der Waals surface area contributed by atoms with E-state index in [1.165, 1.54) is 0 Å². The molecule has 0 aromatic heterocycles. The van der Waals surface area contributed by atoms with Gasteiger partial charge >= 0.3 is 0 Å². The SMILES string of the molecule is COC1=CNNC=C1. The Hall–Kier alpha value is -1.12. The summed E-state index contributed by atoms with van der Waals surface area (Å²) < 4.78 is 4.86.